The van der Waals surface area contributed by atoms with E-state index < -0.39 is 22.7 Å². The van der Waals surface area contributed by atoms with Crippen LogP contribution in [0.3, 0.4) is 0 Å². The van der Waals surface area contributed by atoms with Crippen molar-refractivity contribution in [3.8, 4) is 17.1 Å². The molecular weight excluding hydrogens is 479 g/mol. The molecule has 1 aliphatic rings. The Kier molecular flexibility index (Phi) is 6.10. The first kappa shape index (κ1) is 23.7. The van der Waals surface area contributed by atoms with Gasteiger partial charge in [-0.1, -0.05) is 36.4 Å². The molecule has 10 nitrogen and oxygen atoms in total. The highest BCUT2D eigenvalue weighted by Gasteiger charge is 2.35. The predicted molar refractivity (Wildman–Crippen MR) is 135 cm³/mol. The maximum atomic E-state index is 13.8. The van der Waals surface area contributed by atoms with Crippen LogP contribution < -0.4 is 15.4 Å². The van der Waals surface area contributed by atoms with Crippen LogP contribution >= 0.6 is 0 Å². The molecule has 1 unspecified atom stereocenters. The minimum absolute atomic E-state index is 0.0977. The largest absolute Gasteiger partial charge is 0.495 e. The molecule has 2 heterocycles. The highest BCUT2D eigenvalue weighted by Crippen LogP contribution is 2.37. The zero-order valence-corrected chi connectivity index (χ0v) is 19.8. The summed E-state index contributed by atoms with van der Waals surface area (Å²) >= 11 is 0. The molecule has 3 aromatic carbocycles. The van der Waals surface area contributed by atoms with Crippen LogP contribution in [-0.2, 0) is 4.79 Å². The first-order valence-electron chi connectivity index (χ1n) is 11.2. The molecule has 1 amide bonds. The third-order valence-corrected chi connectivity index (χ3v) is 5.95. The van der Waals surface area contributed by atoms with Crippen LogP contribution in [0.25, 0.3) is 11.4 Å². The van der Waals surface area contributed by atoms with Gasteiger partial charge in [-0.3, -0.25) is 14.9 Å². The lowest BCUT2D eigenvalue weighted by atomic mass is 9.95. The summed E-state index contributed by atoms with van der Waals surface area (Å²) in [5.41, 5.74) is 2.28. The van der Waals surface area contributed by atoms with Gasteiger partial charge < -0.3 is 15.4 Å². The lowest BCUT2D eigenvalue weighted by Gasteiger charge is -2.28. The molecule has 4 aromatic rings. The molecule has 0 fully saturated rings. The zero-order valence-electron chi connectivity index (χ0n) is 19.8. The van der Waals surface area contributed by atoms with E-state index in [-0.39, 0.29) is 11.5 Å². The zero-order chi connectivity index (χ0) is 26.1. The Morgan fingerprint density at radius 1 is 1.14 bits per heavy atom. The van der Waals surface area contributed by atoms with Crippen molar-refractivity contribution < 1.29 is 18.8 Å². The monoisotopic (exact) mass is 500 g/mol. The molecule has 0 saturated carbocycles. The number of anilines is 2. The van der Waals surface area contributed by atoms with E-state index in [1.165, 1.54) is 36.1 Å². The number of nitro benzene ring substituents is 1. The second-order valence-corrected chi connectivity index (χ2v) is 8.28. The van der Waals surface area contributed by atoms with E-state index in [9.17, 15) is 19.3 Å². The number of nitrogens with one attached hydrogen (secondary N) is 2. The van der Waals surface area contributed by atoms with E-state index in [0.717, 1.165) is 0 Å². The average Bonchev–Trinajstić information content (AvgIpc) is 3.32. The molecule has 1 atom stereocenters. The van der Waals surface area contributed by atoms with Crippen molar-refractivity contribution in [2.45, 2.75) is 13.0 Å². The van der Waals surface area contributed by atoms with Gasteiger partial charge in [-0.05, 0) is 36.8 Å². The Balaban J connectivity index is 1.60. The molecule has 37 heavy (non-hydrogen) atoms. The van der Waals surface area contributed by atoms with Crippen LogP contribution in [0.1, 0.15) is 18.5 Å². The first-order chi connectivity index (χ1) is 17.9. The quantitative estimate of drug-likeness (QED) is 0.284. The van der Waals surface area contributed by atoms with Gasteiger partial charge >= 0.3 is 0 Å². The number of nitro groups is 1. The Bertz CT molecular complexity index is 1550. The maximum Gasteiger partial charge on any atom is 0.270 e. The van der Waals surface area contributed by atoms with Crippen molar-refractivity contribution in [2.24, 2.45) is 0 Å². The Morgan fingerprint density at radius 3 is 2.62 bits per heavy atom. The molecule has 186 valence electrons. The molecule has 1 aliphatic heterocycles. The second-order valence-electron chi connectivity index (χ2n) is 8.28. The number of fused-ring (bicyclic) bond motifs is 1. The van der Waals surface area contributed by atoms with Gasteiger partial charge in [0.05, 0.1) is 23.3 Å². The molecule has 0 spiro atoms. The van der Waals surface area contributed by atoms with E-state index in [0.29, 0.717) is 39.8 Å². The summed E-state index contributed by atoms with van der Waals surface area (Å²) in [6, 6.07) is 18.0. The third-order valence-electron chi connectivity index (χ3n) is 5.95. The number of carbonyl (C=O) groups excluding carboxylic acids is 1. The van der Waals surface area contributed by atoms with Gasteiger partial charge in [0.1, 0.15) is 17.6 Å². The summed E-state index contributed by atoms with van der Waals surface area (Å²) in [5, 5.41) is 21.9. The number of hydrogen-bond acceptors (Lipinski definition) is 7. The van der Waals surface area contributed by atoms with Gasteiger partial charge in [0.2, 0.25) is 5.95 Å². The summed E-state index contributed by atoms with van der Waals surface area (Å²) in [7, 11) is 1.51. The number of hydrogen-bond donors (Lipinski definition) is 2. The number of non-ortho nitro benzene ring substituents is 1. The molecule has 0 aliphatic carbocycles. The summed E-state index contributed by atoms with van der Waals surface area (Å²) < 4.78 is 20.7. The van der Waals surface area contributed by atoms with E-state index >= 15 is 0 Å². The number of halogens is 1. The SMILES string of the molecule is COc1ccccc1NC(=O)C1=C(C)Nc2nc(-c3cccc([N+](=O)[O-])c3)nn2C1c1ccc(F)cc1. The van der Waals surface area contributed by atoms with Crippen LogP contribution in [0.4, 0.5) is 21.7 Å². The van der Waals surface area contributed by atoms with Crippen LogP contribution in [0.5, 0.6) is 5.75 Å². The number of carbonyl (C=O) groups is 1. The molecule has 1 aromatic heterocycles. The van der Waals surface area contributed by atoms with Crippen LogP contribution in [0.15, 0.2) is 84.1 Å². The number of aromatic nitrogens is 3. The van der Waals surface area contributed by atoms with Crippen LogP contribution in [0.2, 0.25) is 0 Å². The van der Waals surface area contributed by atoms with Gasteiger partial charge in [-0.25, -0.2) is 9.07 Å². The normalized spacial score (nSPS) is 14.5. The van der Waals surface area contributed by atoms with Gasteiger partial charge in [-0.2, -0.15) is 4.98 Å². The Labute approximate surface area is 210 Å². The van der Waals surface area contributed by atoms with E-state index in [1.807, 2.05) is 0 Å². The number of ether oxygens (including phenoxy) is 1. The molecule has 0 saturated heterocycles. The molecule has 11 heteroatoms. The van der Waals surface area contributed by atoms with Gasteiger partial charge in [0.25, 0.3) is 11.6 Å². The molecule has 0 radical (unpaired) electrons. The second kappa shape index (κ2) is 9.53. The smallest absolute Gasteiger partial charge is 0.270 e. The van der Waals surface area contributed by atoms with Crippen LogP contribution in [-0.4, -0.2) is 32.7 Å². The number of nitrogens with zero attached hydrogens (tertiary/aromatic N) is 4. The molecule has 0 bridgehead atoms. The number of amides is 1. The lowest BCUT2D eigenvalue weighted by Crippen LogP contribution is -2.31. The highest BCUT2D eigenvalue weighted by atomic mass is 19.1. The van der Waals surface area contributed by atoms with E-state index in [2.05, 4.69) is 20.7 Å². The first-order valence-corrected chi connectivity index (χ1v) is 11.2. The number of para-hydroxylation sites is 2. The number of methoxy groups -OCH3 is 1. The lowest BCUT2D eigenvalue weighted by molar-refractivity contribution is -0.384. The van der Waals surface area contributed by atoms with Crippen molar-refractivity contribution in [1.29, 1.82) is 0 Å². The topological polar surface area (TPSA) is 124 Å². The van der Waals surface area contributed by atoms with Crippen molar-refractivity contribution in [3.05, 3.63) is 106 Å². The molecule has 2 N–H and O–H groups in total. The van der Waals surface area contributed by atoms with Crippen LogP contribution in [0, 0.1) is 15.9 Å². The Hall–Kier alpha value is -5.06. The number of allylic oxidation sites excluding steroid dienone is 1. The highest BCUT2D eigenvalue weighted by molar-refractivity contribution is 6.06. The minimum atomic E-state index is -0.758. The molecule has 5 rings (SSSR count). The van der Waals surface area contributed by atoms with Crippen molar-refractivity contribution in [2.75, 3.05) is 17.7 Å². The summed E-state index contributed by atoms with van der Waals surface area (Å²) in [4.78, 5) is 28.9. The van der Waals surface area contributed by atoms with Crippen molar-refractivity contribution in [3.63, 3.8) is 0 Å². The fraction of sp³-hybridized carbons (Fsp3) is 0.115. The fourth-order valence-corrected chi connectivity index (χ4v) is 4.22. The maximum absolute atomic E-state index is 13.8. The predicted octanol–water partition coefficient (Wildman–Crippen LogP) is 4.93. The summed E-state index contributed by atoms with van der Waals surface area (Å²) in [5.74, 6) is 0.224. The van der Waals surface area contributed by atoms with Gasteiger partial charge in [0, 0.05) is 23.4 Å². The van der Waals surface area contributed by atoms with Crippen molar-refractivity contribution >= 4 is 23.2 Å². The van der Waals surface area contributed by atoms with Crippen molar-refractivity contribution in [1.82, 2.24) is 14.8 Å². The summed E-state index contributed by atoms with van der Waals surface area (Å²) in [6.07, 6.45) is 0. The fourth-order valence-electron chi connectivity index (χ4n) is 4.22. The van der Waals surface area contributed by atoms with Gasteiger partial charge in [0.15, 0.2) is 5.82 Å². The standard InChI is InChI=1S/C26H21FN6O4/c1-15-22(25(34)29-20-8-3-4-9-21(20)37-2)23(16-10-12-18(27)13-11-16)32-26(28-15)30-24(31-32)17-6-5-7-19(14-17)33(35)36/h3-14,23H,1-2H3,(H,29,34)(H,28,30,31). The minimum Gasteiger partial charge on any atom is -0.495 e. The average molecular weight is 500 g/mol. The Morgan fingerprint density at radius 2 is 1.89 bits per heavy atom. The molecular formula is C26H21FN6O4. The van der Waals surface area contributed by atoms with E-state index in [4.69, 9.17) is 4.74 Å². The number of rotatable bonds is 6. The number of benzene rings is 3. The van der Waals surface area contributed by atoms with E-state index in [1.54, 1.807) is 55.5 Å². The summed E-state index contributed by atoms with van der Waals surface area (Å²) in [6.45, 7) is 1.73. The third kappa shape index (κ3) is 4.49. The van der Waals surface area contributed by atoms with Gasteiger partial charge in [-0.15, -0.1) is 5.10 Å².